The molecule has 1 heterocycles. The Balaban J connectivity index is 1.97. The summed E-state index contributed by atoms with van der Waals surface area (Å²) >= 11 is 0. The number of benzene rings is 1. The summed E-state index contributed by atoms with van der Waals surface area (Å²) in [5, 5.41) is 2.92. The molecule has 6 nitrogen and oxygen atoms in total. The van der Waals surface area contributed by atoms with Gasteiger partial charge in [-0.15, -0.1) is 0 Å². The highest BCUT2D eigenvalue weighted by Gasteiger charge is 2.23. The minimum Gasteiger partial charge on any atom is -0.398 e. The summed E-state index contributed by atoms with van der Waals surface area (Å²) in [6.07, 6.45) is 0.943. The first-order valence-corrected chi connectivity index (χ1v) is 6.63. The van der Waals surface area contributed by atoms with Gasteiger partial charge in [0.2, 0.25) is 11.8 Å². The molecular weight excluding hydrogens is 256 g/mol. The molecule has 1 atom stereocenters. The lowest BCUT2D eigenvalue weighted by Gasteiger charge is -2.17. The second kappa shape index (κ2) is 5.92. The van der Waals surface area contributed by atoms with Gasteiger partial charge in [-0.25, -0.2) is 0 Å². The van der Waals surface area contributed by atoms with Crippen LogP contribution in [0.3, 0.4) is 0 Å². The van der Waals surface area contributed by atoms with Gasteiger partial charge in [-0.2, -0.15) is 0 Å². The predicted octanol–water partition coefficient (Wildman–Crippen LogP) is 0.0781. The standard InChI is InChI=1S/C14H20N4O2/c1-9(19)17-12-4-5-18(8-12)7-11-3-2-10(14(16)20)6-13(11)15/h2-3,6,12H,4-5,7-8,15H2,1H3,(H2,16,20)(H,17,19). The highest BCUT2D eigenvalue weighted by Crippen LogP contribution is 2.19. The number of nitrogens with one attached hydrogen (secondary N) is 1. The maximum atomic E-state index is 11.1. The number of hydrogen-bond acceptors (Lipinski definition) is 4. The topological polar surface area (TPSA) is 101 Å². The van der Waals surface area contributed by atoms with E-state index in [4.69, 9.17) is 11.5 Å². The van der Waals surface area contributed by atoms with E-state index >= 15 is 0 Å². The molecule has 0 bridgehead atoms. The van der Waals surface area contributed by atoms with Crippen LogP contribution in [0.5, 0.6) is 0 Å². The first-order chi connectivity index (χ1) is 9.45. The molecule has 1 saturated heterocycles. The highest BCUT2D eigenvalue weighted by molar-refractivity contribution is 5.93. The molecule has 0 radical (unpaired) electrons. The van der Waals surface area contributed by atoms with Crippen molar-refractivity contribution in [3.8, 4) is 0 Å². The first-order valence-electron chi connectivity index (χ1n) is 6.63. The van der Waals surface area contributed by atoms with Gasteiger partial charge in [-0.1, -0.05) is 6.07 Å². The Kier molecular flexibility index (Phi) is 4.24. The average Bonchev–Trinajstić information content (AvgIpc) is 2.78. The molecule has 108 valence electrons. The lowest BCUT2D eigenvalue weighted by Crippen LogP contribution is -2.35. The third-order valence-corrected chi connectivity index (χ3v) is 3.50. The highest BCUT2D eigenvalue weighted by atomic mass is 16.1. The zero-order valence-corrected chi connectivity index (χ0v) is 11.6. The van der Waals surface area contributed by atoms with Crippen LogP contribution in [-0.2, 0) is 11.3 Å². The van der Waals surface area contributed by atoms with E-state index in [2.05, 4.69) is 10.2 Å². The van der Waals surface area contributed by atoms with E-state index in [9.17, 15) is 9.59 Å². The van der Waals surface area contributed by atoms with Crippen molar-refractivity contribution in [2.75, 3.05) is 18.8 Å². The van der Waals surface area contributed by atoms with E-state index < -0.39 is 5.91 Å². The monoisotopic (exact) mass is 276 g/mol. The van der Waals surface area contributed by atoms with Gasteiger partial charge in [-0.05, 0) is 24.1 Å². The van der Waals surface area contributed by atoms with Crippen molar-refractivity contribution in [3.05, 3.63) is 29.3 Å². The van der Waals surface area contributed by atoms with Gasteiger partial charge >= 0.3 is 0 Å². The van der Waals surface area contributed by atoms with Crippen LogP contribution in [-0.4, -0.2) is 35.8 Å². The molecule has 6 heteroatoms. The smallest absolute Gasteiger partial charge is 0.248 e. The molecule has 2 amide bonds. The lowest BCUT2D eigenvalue weighted by molar-refractivity contribution is -0.119. The molecule has 5 N–H and O–H groups in total. The van der Waals surface area contributed by atoms with Crippen LogP contribution < -0.4 is 16.8 Å². The molecule has 1 unspecified atom stereocenters. The molecule has 1 aromatic carbocycles. The molecular formula is C14H20N4O2. The number of carbonyl (C=O) groups is 2. The number of likely N-dealkylation sites (tertiary alicyclic amines) is 1. The third kappa shape index (κ3) is 3.48. The van der Waals surface area contributed by atoms with Crippen molar-refractivity contribution in [2.24, 2.45) is 5.73 Å². The van der Waals surface area contributed by atoms with Crippen LogP contribution in [0, 0.1) is 0 Å². The van der Waals surface area contributed by atoms with E-state index in [0.717, 1.165) is 25.1 Å². The molecule has 0 saturated carbocycles. The van der Waals surface area contributed by atoms with Gasteiger partial charge < -0.3 is 16.8 Å². The largest absolute Gasteiger partial charge is 0.398 e. The molecule has 2 rings (SSSR count). The second-order valence-electron chi connectivity index (χ2n) is 5.20. The number of primary amides is 1. The normalized spacial score (nSPS) is 18.9. The molecule has 20 heavy (non-hydrogen) atoms. The second-order valence-corrected chi connectivity index (χ2v) is 5.20. The van der Waals surface area contributed by atoms with E-state index in [1.165, 1.54) is 6.92 Å². The SMILES string of the molecule is CC(=O)NC1CCN(Cc2ccc(C(N)=O)cc2N)C1. The van der Waals surface area contributed by atoms with Crippen LogP contribution in [0.4, 0.5) is 5.69 Å². The van der Waals surface area contributed by atoms with Gasteiger partial charge in [0, 0.05) is 43.9 Å². The van der Waals surface area contributed by atoms with Crippen molar-refractivity contribution >= 4 is 17.5 Å². The Morgan fingerprint density at radius 3 is 2.80 bits per heavy atom. The Labute approximate surface area is 118 Å². The summed E-state index contributed by atoms with van der Waals surface area (Å²) in [5.74, 6) is -0.475. The zero-order chi connectivity index (χ0) is 14.7. The zero-order valence-electron chi connectivity index (χ0n) is 11.6. The number of hydrogen-bond donors (Lipinski definition) is 3. The third-order valence-electron chi connectivity index (χ3n) is 3.50. The minimum absolute atomic E-state index is 0.00201. The van der Waals surface area contributed by atoms with Crippen molar-refractivity contribution in [2.45, 2.75) is 25.9 Å². The van der Waals surface area contributed by atoms with Crippen LogP contribution in [0.15, 0.2) is 18.2 Å². The van der Waals surface area contributed by atoms with Crippen LogP contribution in [0.25, 0.3) is 0 Å². The number of nitrogen functional groups attached to an aromatic ring is 1. The fourth-order valence-corrected chi connectivity index (χ4v) is 2.51. The summed E-state index contributed by atoms with van der Waals surface area (Å²) in [4.78, 5) is 24.3. The maximum absolute atomic E-state index is 11.1. The van der Waals surface area contributed by atoms with Crippen molar-refractivity contribution < 1.29 is 9.59 Å². The molecule has 0 spiro atoms. The lowest BCUT2D eigenvalue weighted by atomic mass is 10.1. The maximum Gasteiger partial charge on any atom is 0.248 e. The van der Waals surface area contributed by atoms with Crippen LogP contribution in [0.1, 0.15) is 29.3 Å². The summed E-state index contributed by atoms with van der Waals surface area (Å²) in [5.41, 5.74) is 13.1. The van der Waals surface area contributed by atoms with Gasteiger partial charge in [0.1, 0.15) is 0 Å². The van der Waals surface area contributed by atoms with Crippen molar-refractivity contribution in [1.82, 2.24) is 10.2 Å². The summed E-state index contributed by atoms with van der Waals surface area (Å²) in [6, 6.07) is 5.34. The van der Waals surface area contributed by atoms with Crippen molar-refractivity contribution in [1.29, 1.82) is 0 Å². The molecule has 0 aromatic heterocycles. The summed E-state index contributed by atoms with van der Waals surface area (Å²) in [7, 11) is 0. The minimum atomic E-state index is -0.477. The molecule has 0 aliphatic carbocycles. The number of rotatable bonds is 4. The fourth-order valence-electron chi connectivity index (χ4n) is 2.51. The van der Waals surface area contributed by atoms with E-state index in [-0.39, 0.29) is 11.9 Å². The Morgan fingerprint density at radius 1 is 1.45 bits per heavy atom. The summed E-state index contributed by atoms with van der Waals surface area (Å²) in [6.45, 7) is 3.97. The number of amides is 2. The quantitative estimate of drug-likeness (QED) is 0.678. The molecule has 1 aliphatic heterocycles. The number of nitrogens with two attached hydrogens (primary N) is 2. The first kappa shape index (κ1) is 14.3. The molecule has 1 aromatic rings. The van der Waals surface area contributed by atoms with Crippen LogP contribution >= 0.6 is 0 Å². The van der Waals surface area contributed by atoms with E-state index in [0.29, 0.717) is 17.8 Å². The fraction of sp³-hybridized carbons (Fsp3) is 0.429. The van der Waals surface area contributed by atoms with E-state index in [1.807, 2.05) is 6.07 Å². The van der Waals surface area contributed by atoms with Gasteiger partial charge in [0.05, 0.1) is 0 Å². The molecule has 1 fully saturated rings. The van der Waals surface area contributed by atoms with Gasteiger partial charge in [0.15, 0.2) is 0 Å². The van der Waals surface area contributed by atoms with Crippen molar-refractivity contribution in [3.63, 3.8) is 0 Å². The average molecular weight is 276 g/mol. The summed E-state index contributed by atoms with van der Waals surface area (Å²) < 4.78 is 0. The van der Waals surface area contributed by atoms with Gasteiger partial charge in [-0.3, -0.25) is 14.5 Å². The predicted molar refractivity (Wildman–Crippen MR) is 76.9 cm³/mol. The van der Waals surface area contributed by atoms with Crippen LogP contribution in [0.2, 0.25) is 0 Å². The Morgan fingerprint density at radius 2 is 2.20 bits per heavy atom. The number of carbonyl (C=O) groups excluding carboxylic acids is 2. The van der Waals surface area contributed by atoms with E-state index in [1.54, 1.807) is 12.1 Å². The number of anilines is 1. The van der Waals surface area contributed by atoms with Gasteiger partial charge in [0.25, 0.3) is 0 Å². The number of nitrogens with zero attached hydrogens (tertiary/aromatic N) is 1. The Bertz CT molecular complexity index is 530. The Hall–Kier alpha value is -2.08. The molecule has 1 aliphatic rings.